The summed E-state index contributed by atoms with van der Waals surface area (Å²) in [7, 11) is 1.54. The zero-order valence-electron chi connectivity index (χ0n) is 14.5. The number of fused-ring (bicyclic) bond motifs is 1. The van der Waals surface area contributed by atoms with Gasteiger partial charge in [-0.05, 0) is 37.5 Å². The van der Waals surface area contributed by atoms with Crippen LogP contribution >= 0.6 is 0 Å². The van der Waals surface area contributed by atoms with Gasteiger partial charge in [-0.25, -0.2) is 0 Å². The maximum Gasteiger partial charge on any atom is 0.233 e. The Morgan fingerprint density at radius 3 is 2.44 bits per heavy atom. The first-order valence-electron chi connectivity index (χ1n) is 8.46. The van der Waals surface area contributed by atoms with Crippen LogP contribution in [0.25, 0.3) is 0 Å². The number of rotatable bonds is 5. The standard InChI is InChI=1S/C19H22N2O4/c1-12-7-8-16(25-2)15(11-12)20-17(22)9-10-21-18(23)13-5-3-4-6-14(13)19(21)24/h3-4,7-8,11,13-14H,5-6,9-10H2,1-2H3,(H,20,22). The topological polar surface area (TPSA) is 75.7 Å². The van der Waals surface area contributed by atoms with E-state index in [9.17, 15) is 14.4 Å². The summed E-state index contributed by atoms with van der Waals surface area (Å²) >= 11 is 0. The number of methoxy groups -OCH3 is 1. The number of allylic oxidation sites excluding steroid dienone is 2. The van der Waals surface area contributed by atoms with E-state index < -0.39 is 0 Å². The van der Waals surface area contributed by atoms with Gasteiger partial charge < -0.3 is 10.1 Å². The maximum atomic E-state index is 12.4. The molecule has 1 fully saturated rings. The number of ether oxygens (including phenoxy) is 1. The van der Waals surface area contributed by atoms with E-state index in [1.54, 1.807) is 6.07 Å². The molecule has 1 aromatic carbocycles. The van der Waals surface area contributed by atoms with Crippen LogP contribution in [0, 0.1) is 18.8 Å². The monoisotopic (exact) mass is 342 g/mol. The molecule has 2 unspecified atom stereocenters. The summed E-state index contributed by atoms with van der Waals surface area (Å²) in [6, 6.07) is 5.51. The number of hydrogen-bond donors (Lipinski definition) is 1. The van der Waals surface area contributed by atoms with Crippen molar-refractivity contribution in [3.8, 4) is 5.75 Å². The molecule has 1 aliphatic heterocycles. The third-order valence-electron chi connectivity index (χ3n) is 4.79. The fourth-order valence-corrected chi connectivity index (χ4v) is 3.43. The molecule has 6 nitrogen and oxygen atoms in total. The summed E-state index contributed by atoms with van der Waals surface area (Å²) in [5, 5.41) is 2.79. The van der Waals surface area contributed by atoms with Gasteiger partial charge in [0.15, 0.2) is 0 Å². The van der Waals surface area contributed by atoms with Gasteiger partial charge in [0.1, 0.15) is 5.75 Å². The minimum atomic E-state index is -0.252. The Kier molecular flexibility index (Phi) is 4.88. The molecule has 0 radical (unpaired) electrons. The van der Waals surface area contributed by atoms with E-state index in [0.717, 1.165) is 5.56 Å². The zero-order valence-corrected chi connectivity index (χ0v) is 14.5. The van der Waals surface area contributed by atoms with Crippen molar-refractivity contribution in [3.05, 3.63) is 35.9 Å². The van der Waals surface area contributed by atoms with Crippen molar-refractivity contribution in [3.63, 3.8) is 0 Å². The average molecular weight is 342 g/mol. The fraction of sp³-hybridized carbons (Fsp3) is 0.421. The Bertz CT molecular complexity index is 715. The lowest BCUT2D eigenvalue weighted by Crippen LogP contribution is -2.34. The van der Waals surface area contributed by atoms with Crippen molar-refractivity contribution in [2.45, 2.75) is 26.2 Å². The number of likely N-dealkylation sites (tertiary alicyclic amines) is 1. The molecule has 2 atom stereocenters. The number of hydrogen-bond acceptors (Lipinski definition) is 4. The Morgan fingerprint density at radius 2 is 1.84 bits per heavy atom. The maximum absolute atomic E-state index is 12.4. The molecule has 0 aromatic heterocycles. The number of nitrogens with one attached hydrogen (secondary N) is 1. The molecule has 1 heterocycles. The van der Waals surface area contributed by atoms with Crippen LogP contribution in [0.3, 0.4) is 0 Å². The highest BCUT2D eigenvalue weighted by Crippen LogP contribution is 2.35. The summed E-state index contributed by atoms with van der Waals surface area (Å²) in [6.07, 6.45) is 5.19. The Balaban J connectivity index is 1.60. The molecule has 2 aliphatic rings. The molecule has 3 amide bonds. The van der Waals surface area contributed by atoms with Gasteiger partial charge in [-0.2, -0.15) is 0 Å². The van der Waals surface area contributed by atoms with Crippen LogP contribution in [-0.4, -0.2) is 36.3 Å². The summed E-state index contributed by atoms with van der Waals surface area (Å²) in [4.78, 5) is 38.3. The van der Waals surface area contributed by atoms with Gasteiger partial charge in [-0.3, -0.25) is 19.3 Å². The molecule has 0 bridgehead atoms. The molecule has 132 valence electrons. The van der Waals surface area contributed by atoms with Gasteiger partial charge in [0.05, 0.1) is 24.6 Å². The molecular weight excluding hydrogens is 320 g/mol. The molecule has 6 heteroatoms. The summed E-state index contributed by atoms with van der Waals surface area (Å²) in [5.74, 6) is -0.489. The van der Waals surface area contributed by atoms with E-state index in [4.69, 9.17) is 4.74 Å². The van der Waals surface area contributed by atoms with Crippen molar-refractivity contribution in [1.29, 1.82) is 0 Å². The summed E-state index contributed by atoms with van der Waals surface area (Å²) < 4.78 is 5.24. The van der Waals surface area contributed by atoms with Gasteiger partial charge in [-0.1, -0.05) is 18.2 Å². The molecule has 3 rings (SSSR count). The number of benzene rings is 1. The van der Waals surface area contributed by atoms with E-state index in [1.807, 2.05) is 31.2 Å². The third-order valence-corrected chi connectivity index (χ3v) is 4.79. The van der Waals surface area contributed by atoms with Crippen molar-refractivity contribution >= 4 is 23.4 Å². The van der Waals surface area contributed by atoms with Gasteiger partial charge >= 0.3 is 0 Å². The zero-order chi connectivity index (χ0) is 18.0. The largest absolute Gasteiger partial charge is 0.495 e. The average Bonchev–Trinajstić information content (AvgIpc) is 2.85. The van der Waals surface area contributed by atoms with Crippen LogP contribution < -0.4 is 10.1 Å². The predicted molar refractivity (Wildman–Crippen MR) is 93.1 cm³/mol. The molecule has 1 aromatic rings. The Hall–Kier alpha value is -2.63. The van der Waals surface area contributed by atoms with Crippen LogP contribution in [-0.2, 0) is 14.4 Å². The van der Waals surface area contributed by atoms with Crippen molar-refractivity contribution in [2.75, 3.05) is 19.0 Å². The molecule has 1 N–H and O–H groups in total. The third kappa shape index (κ3) is 3.43. The first kappa shape index (κ1) is 17.2. The molecule has 0 spiro atoms. The Labute approximate surface area is 146 Å². The van der Waals surface area contributed by atoms with E-state index in [1.165, 1.54) is 12.0 Å². The lowest BCUT2D eigenvalue weighted by Gasteiger charge is -2.15. The number of nitrogens with zero attached hydrogens (tertiary/aromatic N) is 1. The van der Waals surface area contributed by atoms with Crippen molar-refractivity contribution in [2.24, 2.45) is 11.8 Å². The lowest BCUT2D eigenvalue weighted by molar-refractivity contribution is -0.140. The summed E-state index contributed by atoms with van der Waals surface area (Å²) in [5.41, 5.74) is 1.59. The van der Waals surface area contributed by atoms with Crippen molar-refractivity contribution < 1.29 is 19.1 Å². The highest BCUT2D eigenvalue weighted by atomic mass is 16.5. The number of aryl methyl sites for hydroxylation is 1. The van der Waals surface area contributed by atoms with E-state index in [-0.39, 0.29) is 42.5 Å². The molecule has 25 heavy (non-hydrogen) atoms. The smallest absolute Gasteiger partial charge is 0.233 e. The first-order valence-corrected chi connectivity index (χ1v) is 8.46. The number of carbonyl (C=O) groups excluding carboxylic acids is 3. The number of carbonyl (C=O) groups is 3. The normalized spacial score (nSPS) is 22.1. The highest BCUT2D eigenvalue weighted by Gasteiger charge is 2.46. The minimum Gasteiger partial charge on any atom is -0.495 e. The number of imide groups is 1. The van der Waals surface area contributed by atoms with E-state index in [2.05, 4.69) is 5.32 Å². The SMILES string of the molecule is COc1ccc(C)cc1NC(=O)CCN1C(=O)C2CC=CCC2C1=O. The molecule has 1 aliphatic carbocycles. The fourth-order valence-electron chi connectivity index (χ4n) is 3.43. The molecule has 1 saturated heterocycles. The van der Waals surface area contributed by atoms with Crippen LogP contribution in [0.2, 0.25) is 0 Å². The van der Waals surface area contributed by atoms with E-state index >= 15 is 0 Å². The predicted octanol–water partition coefficient (Wildman–Crippen LogP) is 2.28. The lowest BCUT2D eigenvalue weighted by atomic mass is 9.85. The molecule has 0 saturated carbocycles. The summed E-state index contributed by atoms with van der Waals surface area (Å²) in [6.45, 7) is 2.04. The highest BCUT2D eigenvalue weighted by molar-refractivity contribution is 6.05. The number of amides is 3. The number of anilines is 1. The van der Waals surface area contributed by atoms with Crippen LogP contribution in [0.15, 0.2) is 30.4 Å². The second kappa shape index (κ2) is 7.09. The second-order valence-electron chi connectivity index (χ2n) is 6.49. The van der Waals surface area contributed by atoms with Gasteiger partial charge in [0.25, 0.3) is 0 Å². The van der Waals surface area contributed by atoms with Crippen LogP contribution in [0.4, 0.5) is 5.69 Å². The van der Waals surface area contributed by atoms with Crippen LogP contribution in [0.5, 0.6) is 5.75 Å². The quantitative estimate of drug-likeness (QED) is 0.658. The first-order chi connectivity index (χ1) is 12.0. The van der Waals surface area contributed by atoms with Crippen molar-refractivity contribution in [1.82, 2.24) is 4.90 Å². The van der Waals surface area contributed by atoms with Gasteiger partial charge in [0.2, 0.25) is 17.7 Å². The minimum absolute atomic E-state index is 0.0709. The molecular formula is C19H22N2O4. The van der Waals surface area contributed by atoms with Crippen LogP contribution in [0.1, 0.15) is 24.8 Å². The second-order valence-corrected chi connectivity index (χ2v) is 6.49. The van der Waals surface area contributed by atoms with E-state index in [0.29, 0.717) is 24.3 Å². The van der Waals surface area contributed by atoms with Gasteiger partial charge in [-0.15, -0.1) is 0 Å². The Morgan fingerprint density at radius 1 is 1.20 bits per heavy atom. The van der Waals surface area contributed by atoms with Gasteiger partial charge in [0, 0.05) is 13.0 Å².